The Morgan fingerprint density at radius 3 is 2.09 bits per heavy atom. The molecule has 9 nitrogen and oxygen atoms in total. The molecule has 0 aromatic heterocycles. The number of rotatable bonds is 7. The van der Waals surface area contributed by atoms with Crippen molar-refractivity contribution in [2.45, 2.75) is 50.3 Å². The van der Waals surface area contributed by atoms with Crippen LogP contribution in [0.5, 0.6) is 0 Å². The predicted octanol–water partition coefficient (Wildman–Crippen LogP) is 5.75. The van der Waals surface area contributed by atoms with E-state index in [1.54, 1.807) is 31.7 Å². The number of hydrogen-bond acceptors (Lipinski definition) is 7. The van der Waals surface area contributed by atoms with Crippen LogP contribution in [0.4, 0.5) is 10.5 Å². The van der Waals surface area contributed by atoms with Gasteiger partial charge in [-0.25, -0.2) is 9.59 Å². The molecule has 3 aromatic carbocycles. The smallest absolute Gasteiger partial charge is 0.408 e. The van der Waals surface area contributed by atoms with Gasteiger partial charge in [-0.15, -0.1) is 11.8 Å². The highest BCUT2D eigenvalue weighted by atomic mass is 32.2. The number of para-hydroxylation sites is 1. The zero-order chi connectivity index (χ0) is 32.4. The summed E-state index contributed by atoms with van der Waals surface area (Å²) in [5.41, 5.74) is 2.74. The van der Waals surface area contributed by atoms with E-state index in [0.717, 1.165) is 16.8 Å². The lowest BCUT2D eigenvalue weighted by molar-refractivity contribution is -0.153. The average Bonchev–Trinajstić information content (AvgIpc) is 3.41. The number of nitrogens with zero attached hydrogens (tertiary/aromatic N) is 2. The van der Waals surface area contributed by atoms with Crippen LogP contribution in [-0.2, 0) is 23.9 Å². The summed E-state index contributed by atoms with van der Waals surface area (Å²) in [5, 5.41) is 2.12. The number of esters is 1. The van der Waals surface area contributed by atoms with Gasteiger partial charge in [0.15, 0.2) is 6.10 Å². The molecule has 0 aliphatic carbocycles. The zero-order valence-corrected chi connectivity index (χ0v) is 26.7. The maximum absolute atomic E-state index is 14.2. The lowest BCUT2D eigenvalue weighted by atomic mass is 10.00. The van der Waals surface area contributed by atoms with E-state index >= 15 is 0 Å². The highest BCUT2D eigenvalue weighted by Crippen LogP contribution is 2.43. The number of allylic oxidation sites excluding steroid dienone is 1. The highest BCUT2D eigenvalue weighted by molar-refractivity contribution is 8.00. The largest absolute Gasteiger partial charge is 0.448 e. The van der Waals surface area contributed by atoms with Crippen molar-refractivity contribution in [3.63, 3.8) is 0 Å². The van der Waals surface area contributed by atoms with Crippen LogP contribution >= 0.6 is 11.8 Å². The minimum Gasteiger partial charge on any atom is -0.448 e. The molecular weight excluding hydrogens is 602 g/mol. The highest BCUT2D eigenvalue weighted by Gasteiger charge is 2.55. The average molecular weight is 638 g/mol. The van der Waals surface area contributed by atoms with E-state index in [1.165, 1.54) is 16.7 Å². The molecule has 2 unspecified atom stereocenters. The Hall–Kier alpha value is -4.83. The van der Waals surface area contributed by atoms with Crippen LogP contribution in [0.15, 0.2) is 114 Å². The summed E-state index contributed by atoms with van der Waals surface area (Å²) in [6.07, 6.45) is 0.768. The second-order valence-corrected chi connectivity index (χ2v) is 13.3. The number of amides is 3. The maximum atomic E-state index is 14.2. The van der Waals surface area contributed by atoms with Gasteiger partial charge in [-0.3, -0.25) is 14.5 Å². The molecule has 2 saturated heterocycles. The summed E-state index contributed by atoms with van der Waals surface area (Å²) in [6, 6.07) is 27.3. The number of fused-ring (bicyclic) bond motifs is 1. The van der Waals surface area contributed by atoms with Gasteiger partial charge in [0, 0.05) is 23.6 Å². The SMILES string of the molecule is CC(C)(C)OC(=O)NC1C(=O)N2C(C(=O)OC(c3ccccc3)c3ccccc3)=C(/C=C3\CCN(c4ccccc4)C3=O)CSC12. The molecule has 3 aliphatic heterocycles. The molecule has 10 heteroatoms. The standard InChI is InChI=1S/C36H35N3O6S/c1-36(2,3)45-35(43)37-28-32(41)39-29(34(42)44-30(23-13-7-4-8-14-23)24-15-9-5-10-16-24)26(22-46-33(28)39)21-25-19-20-38(31(25)40)27-17-11-6-12-18-27/h4-18,21,28,30,33H,19-20,22H2,1-3H3,(H,37,43)/b25-21+. The van der Waals surface area contributed by atoms with Crippen LogP contribution in [0.2, 0.25) is 0 Å². The molecule has 3 aromatic rings. The van der Waals surface area contributed by atoms with Gasteiger partial charge < -0.3 is 19.7 Å². The third-order valence-corrected chi connectivity index (χ3v) is 9.14. The zero-order valence-electron chi connectivity index (χ0n) is 25.8. The van der Waals surface area contributed by atoms with Gasteiger partial charge in [-0.05, 0) is 62.1 Å². The van der Waals surface area contributed by atoms with Crippen molar-refractivity contribution in [3.8, 4) is 0 Å². The fourth-order valence-electron chi connectivity index (χ4n) is 5.74. The Balaban J connectivity index is 1.34. The molecule has 1 N–H and O–H groups in total. The fraction of sp³-hybridized carbons (Fsp3) is 0.278. The molecule has 3 heterocycles. The summed E-state index contributed by atoms with van der Waals surface area (Å²) < 4.78 is 11.6. The topological polar surface area (TPSA) is 105 Å². The number of carbonyl (C=O) groups is 4. The van der Waals surface area contributed by atoms with Crippen LogP contribution in [-0.4, -0.2) is 58.1 Å². The summed E-state index contributed by atoms with van der Waals surface area (Å²) >= 11 is 1.41. The first-order valence-corrected chi connectivity index (χ1v) is 16.2. The predicted molar refractivity (Wildman–Crippen MR) is 176 cm³/mol. The van der Waals surface area contributed by atoms with Crippen molar-refractivity contribution >= 4 is 41.3 Å². The number of hydrogen-bond donors (Lipinski definition) is 1. The number of ether oxygens (including phenoxy) is 2. The first kappa shape index (κ1) is 31.2. The maximum Gasteiger partial charge on any atom is 0.408 e. The number of anilines is 1. The Morgan fingerprint density at radius 1 is 0.913 bits per heavy atom. The number of benzene rings is 3. The summed E-state index contributed by atoms with van der Waals surface area (Å²) in [4.78, 5) is 57.0. The molecule has 0 saturated carbocycles. The van der Waals surface area contributed by atoms with E-state index in [2.05, 4.69) is 5.32 Å². The van der Waals surface area contributed by atoms with Crippen molar-refractivity contribution in [2.75, 3.05) is 17.2 Å². The Bertz CT molecular complexity index is 1660. The number of thioether (sulfide) groups is 1. The van der Waals surface area contributed by atoms with Crippen LogP contribution in [0.25, 0.3) is 0 Å². The lowest BCUT2D eigenvalue weighted by Gasteiger charge is -2.49. The quantitative estimate of drug-likeness (QED) is 0.200. The van der Waals surface area contributed by atoms with Gasteiger partial charge in [0.1, 0.15) is 22.7 Å². The van der Waals surface area contributed by atoms with E-state index in [0.29, 0.717) is 29.9 Å². The van der Waals surface area contributed by atoms with Crippen molar-refractivity contribution < 1.29 is 28.7 Å². The lowest BCUT2D eigenvalue weighted by Crippen LogP contribution is -2.70. The second kappa shape index (κ2) is 12.9. The molecular formula is C36H35N3O6S. The van der Waals surface area contributed by atoms with Crippen LogP contribution < -0.4 is 10.2 Å². The summed E-state index contributed by atoms with van der Waals surface area (Å²) in [7, 11) is 0. The molecule has 0 bridgehead atoms. The summed E-state index contributed by atoms with van der Waals surface area (Å²) in [5.74, 6) is -0.964. The van der Waals surface area contributed by atoms with E-state index < -0.39 is 41.1 Å². The van der Waals surface area contributed by atoms with Gasteiger partial charge in [0.2, 0.25) is 0 Å². The first-order chi connectivity index (χ1) is 22.1. The second-order valence-electron chi connectivity index (χ2n) is 12.2. The third kappa shape index (κ3) is 6.44. The molecule has 0 spiro atoms. The summed E-state index contributed by atoms with van der Waals surface area (Å²) in [6.45, 7) is 5.73. The Morgan fingerprint density at radius 2 is 1.50 bits per heavy atom. The van der Waals surface area contributed by atoms with Gasteiger partial charge >= 0.3 is 12.1 Å². The van der Waals surface area contributed by atoms with E-state index in [9.17, 15) is 19.2 Å². The number of carbonyl (C=O) groups excluding carboxylic acids is 4. The fourth-order valence-corrected chi connectivity index (χ4v) is 7.04. The molecule has 3 amide bonds. The van der Waals surface area contributed by atoms with Gasteiger partial charge in [-0.1, -0.05) is 78.9 Å². The Kier molecular flexibility index (Phi) is 8.73. The monoisotopic (exact) mass is 637 g/mol. The minimum atomic E-state index is -0.877. The minimum absolute atomic E-state index is 0.0753. The van der Waals surface area contributed by atoms with Gasteiger partial charge in [-0.2, -0.15) is 0 Å². The van der Waals surface area contributed by atoms with Crippen molar-refractivity contribution in [1.82, 2.24) is 10.2 Å². The van der Waals surface area contributed by atoms with Gasteiger partial charge in [0.05, 0.1) is 0 Å². The van der Waals surface area contributed by atoms with Crippen molar-refractivity contribution in [3.05, 3.63) is 125 Å². The van der Waals surface area contributed by atoms with Crippen LogP contribution in [0, 0.1) is 0 Å². The number of nitrogens with one attached hydrogen (secondary N) is 1. The molecule has 236 valence electrons. The molecule has 46 heavy (non-hydrogen) atoms. The van der Waals surface area contributed by atoms with E-state index in [4.69, 9.17) is 9.47 Å². The van der Waals surface area contributed by atoms with Gasteiger partial charge in [0.25, 0.3) is 11.8 Å². The van der Waals surface area contributed by atoms with E-state index in [1.807, 2.05) is 91.0 Å². The first-order valence-electron chi connectivity index (χ1n) is 15.2. The third-order valence-electron chi connectivity index (χ3n) is 7.83. The molecule has 2 atom stereocenters. The van der Waals surface area contributed by atoms with Crippen LogP contribution in [0.1, 0.15) is 44.4 Å². The van der Waals surface area contributed by atoms with Crippen molar-refractivity contribution in [2.24, 2.45) is 0 Å². The molecule has 3 aliphatic rings. The normalized spacial score (nSPS) is 20.5. The Labute approximate surface area is 272 Å². The molecule has 0 radical (unpaired) electrons. The molecule has 6 rings (SSSR count). The van der Waals surface area contributed by atoms with Crippen LogP contribution in [0.3, 0.4) is 0 Å². The van der Waals surface area contributed by atoms with E-state index in [-0.39, 0.29) is 11.6 Å². The molecule has 2 fully saturated rings. The number of alkyl carbamates (subject to hydrolysis) is 1. The van der Waals surface area contributed by atoms with Crippen molar-refractivity contribution in [1.29, 1.82) is 0 Å². The number of β-lactam (4-membered cyclic amide) rings is 1.